The fraction of sp³-hybridized carbons (Fsp3) is 0.429. The minimum absolute atomic E-state index is 0.0388. The number of alkyl halides is 1. The maximum absolute atomic E-state index is 12.1. The number of ether oxygens (including phenoxy) is 1. The molecule has 6 heteroatoms. The van der Waals surface area contributed by atoms with Gasteiger partial charge < -0.3 is 9.72 Å². The Bertz CT molecular complexity index is 668. The SMILES string of the molecule is CCc1ccc2[nH]c(C)nc2c1N1CC(CI)OC1=O. The van der Waals surface area contributed by atoms with E-state index in [9.17, 15) is 4.79 Å². The molecule has 0 saturated carbocycles. The van der Waals surface area contributed by atoms with Crippen molar-refractivity contribution < 1.29 is 9.53 Å². The van der Waals surface area contributed by atoms with Crippen molar-refractivity contribution in [2.24, 2.45) is 0 Å². The number of aromatic nitrogens is 2. The largest absolute Gasteiger partial charge is 0.443 e. The van der Waals surface area contributed by atoms with Gasteiger partial charge in [0.15, 0.2) is 0 Å². The number of amides is 1. The predicted molar refractivity (Wildman–Crippen MR) is 86.7 cm³/mol. The topological polar surface area (TPSA) is 58.2 Å². The summed E-state index contributed by atoms with van der Waals surface area (Å²) in [5.74, 6) is 0.854. The van der Waals surface area contributed by atoms with Crippen LogP contribution in [0.4, 0.5) is 10.5 Å². The van der Waals surface area contributed by atoms with E-state index in [1.807, 2.05) is 13.0 Å². The minimum atomic E-state index is -0.269. The smallest absolute Gasteiger partial charge is 0.414 e. The van der Waals surface area contributed by atoms with Crippen molar-refractivity contribution in [3.63, 3.8) is 0 Å². The molecule has 1 unspecified atom stereocenters. The molecule has 3 rings (SSSR count). The standard InChI is InChI=1S/C14H16IN3O2/c1-3-9-4-5-11-12(17-8(2)16-11)13(9)18-7-10(6-15)20-14(18)19/h4-5,10H,3,6-7H2,1-2H3,(H,16,17). The summed E-state index contributed by atoms with van der Waals surface area (Å²) in [5, 5.41) is 0. The lowest BCUT2D eigenvalue weighted by Crippen LogP contribution is -2.26. The lowest BCUT2D eigenvalue weighted by Gasteiger charge is -2.17. The van der Waals surface area contributed by atoms with Crippen LogP contribution < -0.4 is 4.90 Å². The lowest BCUT2D eigenvalue weighted by atomic mass is 10.1. The van der Waals surface area contributed by atoms with Crippen LogP contribution in [0, 0.1) is 6.92 Å². The Morgan fingerprint density at radius 1 is 1.55 bits per heavy atom. The second-order valence-corrected chi connectivity index (χ2v) is 5.80. The number of H-pyrrole nitrogens is 1. The number of benzene rings is 1. The number of cyclic esters (lactones) is 1. The molecule has 1 aromatic carbocycles. The molecule has 5 nitrogen and oxygen atoms in total. The van der Waals surface area contributed by atoms with Crippen LogP contribution in [0.15, 0.2) is 12.1 Å². The molecule has 0 bridgehead atoms. The zero-order valence-corrected chi connectivity index (χ0v) is 13.6. The number of nitrogens with zero attached hydrogens (tertiary/aromatic N) is 2. The van der Waals surface area contributed by atoms with Crippen LogP contribution in [0.5, 0.6) is 0 Å². The Kier molecular flexibility index (Phi) is 3.57. The lowest BCUT2D eigenvalue weighted by molar-refractivity contribution is 0.153. The van der Waals surface area contributed by atoms with Gasteiger partial charge in [-0.1, -0.05) is 35.6 Å². The van der Waals surface area contributed by atoms with Gasteiger partial charge in [-0.2, -0.15) is 0 Å². The third-order valence-electron chi connectivity index (χ3n) is 3.53. The molecule has 0 aliphatic carbocycles. The zero-order valence-electron chi connectivity index (χ0n) is 11.4. The maximum Gasteiger partial charge on any atom is 0.414 e. The summed E-state index contributed by atoms with van der Waals surface area (Å²) in [6.45, 7) is 4.60. The Hall–Kier alpha value is -1.31. The van der Waals surface area contributed by atoms with Gasteiger partial charge in [0.05, 0.1) is 17.7 Å². The fourth-order valence-electron chi connectivity index (χ4n) is 2.60. The summed E-state index contributed by atoms with van der Waals surface area (Å²) in [6.07, 6.45) is 0.549. The number of aryl methyl sites for hydroxylation is 2. The van der Waals surface area contributed by atoms with E-state index in [1.54, 1.807) is 4.90 Å². The summed E-state index contributed by atoms with van der Waals surface area (Å²) < 4.78 is 6.18. The van der Waals surface area contributed by atoms with E-state index in [2.05, 4.69) is 45.5 Å². The number of hydrogen-bond acceptors (Lipinski definition) is 3. The second-order valence-electron chi connectivity index (χ2n) is 4.92. The highest BCUT2D eigenvalue weighted by molar-refractivity contribution is 14.1. The molecule has 2 heterocycles. The Morgan fingerprint density at radius 3 is 3.00 bits per heavy atom. The van der Waals surface area contributed by atoms with Crippen LogP contribution in [0.2, 0.25) is 0 Å². The average molecular weight is 385 g/mol. The molecule has 2 aromatic rings. The summed E-state index contributed by atoms with van der Waals surface area (Å²) >= 11 is 2.24. The molecule has 1 fully saturated rings. The van der Waals surface area contributed by atoms with E-state index in [-0.39, 0.29) is 12.2 Å². The van der Waals surface area contributed by atoms with E-state index in [4.69, 9.17) is 4.74 Å². The maximum atomic E-state index is 12.1. The first-order valence-electron chi connectivity index (χ1n) is 6.66. The van der Waals surface area contributed by atoms with Gasteiger partial charge in [-0.05, 0) is 25.0 Å². The van der Waals surface area contributed by atoms with Crippen LogP contribution in [-0.2, 0) is 11.2 Å². The molecule has 1 saturated heterocycles. The molecule has 0 spiro atoms. The summed E-state index contributed by atoms with van der Waals surface area (Å²) in [7, 11) is 0. The highest BCUT2D eigenvalue weighted by atomic mass is 127. The van der Waals surface area contributed by atoms with E-state index >= 15 is 0 Å². The summed E-state index contributed by atoms with van der Waals surface area (Å²) in [4.78, 5) is 21.6. The van der Waals surface area contributed by atoms with Crippen molar-refractivity contribution in [1.82, 2.24) is 9.97 Å². The van der Waals surface area contributed by atoms with Crippen LogP contribution in [-0.4, -0.2) is 33.1 Å². The molecular weight excluding hydrogens is 369 g/mol. The quantitative estimate of drug-likeness (QED) is 0.652. The van der Waals surface area contributed by atoms with E-state index in [0.717, 1.165) is 39.0 Å². The first-order chi connectivity index (χ1) is 9.63. The summed E-state index contributed by atoms with van der Waals surface area (Å²) in [6, 6.07) is 4.08. The number of carbonyl (C=O) groups is 1. The number of halogens is 1. The van der Waals surface area contributed by atoms with E-state index in [0.29, 0.717) is 6.54 Å². The number of hydrogen-bond donors (Lipinski definition) is 1. The number of nitrogens with one attached hydrogen (secondary N) is 1. The van der Waals surface area contributed by atoms with Crippen molar-refractivity contribution in [3.8, 4) is 0 Å². The Balaban J connectivity index is 2.16. The van der Waals surface area contributed by atoms with E-state index in [1.165, 1.54) is 0 Å². The van der Waals surface area contributed by atoms with Crippen LogP contribution in [0.1, 0.15) is 18.3 Å². The van der Waals surface area contributed by atoms with Gasteiger partial charge in [-0.15, -0.1) is 0 Å². The molecule has 1 amide bonds. The molecule has 106 valence electrons. The van der Waals surface area contributed by atoms with Crippen molar-refractivity contribution in [2.75, 3.05) is 15.9 Å². The van der Waals surface area contributed by atoms with Gasteiger partial charge in [-0.3, -0.25) is 4.90 Å². The van der Waals surface area contributed by atoms with Crippen molar-refractivity contribution in [1.29, 1.82) is 0 Å². The third kappa shape index (κ3) is 2.15. The first kappa shape index (κ1) is 13.7. The number of fused-ring (bicyclic) bond motifs is 1. The molecule has 1 N–H and O–H groups in total. The number of anilines is 1. The van der Waals surface area contributed by atoms with Gasteiger partial charge in [-0.25, -0.2) is 9.78 Å². The number of rotatable bonds is 3. The zero-order chi connectivity index (χ0) is 14.3. The number of carbonyl (C=O) groups excluding carboxylic acids is 1. The first-order valence-corrected chi connectivity index (χ1v) is 8.19. The molecule has 1 aliphatic heterocycles. The average Bonchev–Trinajstić information content (AvgIpc) is 2.99. The molecule has 1 aliphatic rings. The monoisotopic (exact) mass is 385 g/mol. The van der Waals surface area contributed by atoms with Crippen molar-refractivity contribution in [3.05, 3.63) is 23.5 Å². The second kappa shape index (κ2) is 5.23. The highest BCUT2D eigenvalue weighted by Crippen LogP contribution is 2.33. The minimum Gasteiger partial charge on any atom is -0.443 e. The Morgan fingerprint density at radius 2 is 2.35 bits per heavy atom. The molecule has 20 heavy (non-hydrogen) atoms. The van der Waals surface area contributed by atoms with E-state index < -0.39 is 0 Å². The van der Waals surface area contributed by atoms with Gasteiger partial charge in [0.25, 0.3) is 0 Å². The molecule has 0 radical (unpaired) electrons. The number of aromatic amines is 1. The normalized spacial score (nSPS) is 18.9. The number of imidazole rings is 1. The van der Waals surface area contributed by atoms with Gasteiger partial charge in [0.1, 0.15) is 17.4 Å². The van der Waals surface area contributed by atoms with Crippen molar-refractivity contribution >= 4 is 45.4 Å². The van der Waals surface area contributed by atoms with Gasteiger partial charge in [0, 0.05) is 4.43 Å². The third-order valence-corrected chi connectivity index (χ3v) is 4.51. The fourth-order valence-corrected chi connectivity index (χ4v) is 3.06. The van der Waals surface area contributed by atoms with Gasteiger partial charge in [0.2, 0.25) is 0 Å². The summed E-state index contributed by atoms with van der Waals surface area (Å²) in [5.41, 5.74) is 3.83. The van der Waals surface area contributed by atoms with Crippen molar-refractivity contribution in [2.45, 2.75) is 26.4 Å². The molecular formula is C14H16IN3O2. The predicted octanol–water partition coefficient (Wildman–Crippen LogP) is 3.19. The van der Waals surface area contributed by atoms with Crippen LogP contribution in [0.3, 0.4) is 0 Å². The highest BCUT2D eigenvalue weighted by Gasteiger charge is 2.34. The van der Waals surface area contributed by atoms with Gasteiger partial charge >= 0.3 is 6.09 Å². The molecule has 1 aromatic heterocycles. The Labute approximate surface area is 130 Å². The van der Waals surface area contributed by atoms with Crippen LogP contribution in [0.25, 0.3) is 11.0 Å². The molecule has 1 atom stereocenters. The van der Waals surface area contributed by atoms with Crippen LogP contribution >= 0.6 is 22.6 Å².